The summed E-state index contributed by atoms with van der Waals surface area (Å²) in [7, 11) is 0. The van der Waals surface area contributed by atoms with Crippen LogP contribution in [0.4, 0.5) is 5.69 Å². The molecule has 0 N–H and O–H groups in total. The largest absolute Gasteiger partial charge is 0.310 e. The Bertz CT molecular complexity index is 341. The van der Waals surface area contributed by atoms with Gasteiger partial charge in [-0.05, 0) is 44.2 Å². The molecule has 85 valence electrons. The Labute approximate surface area is 97.3 Å². The van der Waals surface area contributed by atoms with Crippen LogP contribution in [-0.4, -0.2) is 11.9 Å². The lowest BCUT2D eigenvalue weighted by molar-refractivity contribution is -0.117. The molecule has 1 radical (unpaired) electrons. The normalized spacial score (nSPS) is 17.1. The highest BCUT2D eigenvalue weighted by Gasteiger charge is 2.24. The molecule has 0 bridgehead atoms. The Morgan fingerprint density at radius 3 is 2.38 bits per heavy atom. The Balaban J connectivity index is 2.20. The van der Waals surface area contributed by atoms with E-state index in [0.29, 0.717) is 6.04 Å². The van der Waals surface area contributed by atoms with Gasteiger partial charge in [-0.3, -0.25) is 4.79 Å². The molecule has 0 aromatic heterocycles. The summed E-state index contributed by atoms with van der Waals surface area (Å²) < 4.78 is 0. The average Bonchev–Trinajstić information content (AvgIpc) is 2.31. The van der Waals surface area contributed by atoms with Crippen molar-refractivity contribution in [1.82, 2.24) is 0 Å². The van der Waals surface area contributed by atoms with E-state index in [4.69, 9.17) is 0 Å². The third kappa shape index (κ3) is 2.43. The van der Waals surface area contributed by atoms with Gasteiger partial charge in [-0.25, -0.2) is 0 Å². The van der Waals surface area contributed by atoms with Crippen molar-refractivity contribution in [3.05, 3.63) is 36.8 Å². The van der Waals surface area contributed by atoms with Crippen LogP contribution in [0, 0.1) is 6.42 Å². The van der Waals surface area contributed by atoms with E-state index < -0.39 is 0 Å². The maximum Gasteiger partial charge on any atom is 0.224 e. The first-order valence-corrected chi connectivity index (χ1v) is 5.95. The first-order valence-electron chi connectivity index (χ1n) is 5.95. The maximum absolute atomic E-state index is 11.8. The van der Waals surface area contributed by atoms with Gasteiger partial charge in [0, 0.05) is 18.7 Å². The summed E-state index contributed by atoms with van der Waals surface area (Å²) in [5.41, 5.74) is 1.03. The number of anilines is 1. The van der Waals surface area contributed by atoms with Gasteiger partial charge in [-0.1, -0.05) is 18.2 Å². The predicted octanol–water partition coefficient (Wildman–Crippen LogP) is 3.19. The lowest BCUT2D eigenvalue weighted by Gasteiger charge is -2.33. The van der Waals surface area contributed by atoms with Gasteiger partial charge >= 0.3 is 0 Å². The SMILES string of the molecule is CC(=O)N(c1ccccc1)C1CC[CH]CC1. The van der Waals surface area contributed by atoms with Crippen molar-refractivity contribution in [1.29, 1.82) is 0 Å². The third-order valence-electron chi connectivity index (χ3n) is 3.15. The zero-order valence-electron chi connectivity index (χ0n) is 9.73. The van der Waals surface area contributed by atoms with Crippen LogP contribution in [0.15, 0.2) is 30.3 Å². The summed E-state index contributed by atoms with van der Waals surface area (Å²) in [6.07, 6.45) is 6.76. The summed E-state index contributed by atoms with van der Waals surface area (Å²) in [5, 5.41) is 0. The van der Waals surface area contributed by atoms with Gasteiger partial charge in [0.25, 0.3) is 0 Å². The van der Waals surface area contributed by atoms with E-state index in [0.717, 1.165) is 31.4 Å². The Morgan fingerprint density at radius 2 is 1.81 bits per heavy atom. The van der Waals surface area contributed by atoms with E-state index in [2.05, 4.69) is 6.42 Å². The van der Waals surface area contributed by atoms with Crippen molar-refractivity contribution in [3.8, 4) is 0 Å². The molecule has 1 aromatic rings. The molecule has 1 saturated carbocycles. The van der Waals surface area contributed by atoms with E-state index >= 15 is 0 Å². The van der Waals surface area contributed by atoms with E-state index in [1.165, 1.54) is 0 Å². The quantitative estimate of drug-likeness (QED) is 0.743. The number of carbonyl (C=O) groups excluding carboxylic acids is 1. The standard InChI is InChI=1S/C14H18NO/c1-12(16)15(13-8-4-2-5-9-13)14-10-6-3-7-11-14/h2-5,8-9,14H,6-7,10-11H2,1H3. The van der Waals surface area contributed by atoms with Crippen LogP contribution >= 0.6 is 0 Å². The van der Waals surface area contributed by atoms with Crippen molar-refractivity contribution in [2.45, 2.75) is 38.6 Å². The summed E-state index contributed by atoms with van der Waals surface area (Å²) in [5.74, 6) is 0.151. The molecule has 0 heterocycles. The second kappa shape index (κ2) is 5.15. The molecule has 0 spiro atoms. The van der Waals surface area contributed by atoms with Gasteiger partial charge < -0.3 is 4.90 Å². The van der Waals surface area contributed by atoms with Gasteiger partial charge in [0.2, 0.25) is 5.91 Å². The number of rotatable bonds is 2. The second-order valence-electron chi connectivity index (χ2n) is 4.32. The zero-order chi connectivity index (χ0) is 11.4. The maximum atomic E-state index is 11.8. The van der Waals surface area contributed by atoms with Crippen LogP contribution in [0.25, 0.3) is 0 Å². The molecule has 1 aliphatic rings. The third-order valence-corrected chi connectivity index (χ3v) is 3.15. The summed E-state index contributed by atoms with van der Waals surface area (Å²) in [4.78, 5) is 13.7. The number of hydrogen-bond donors (Lipinski definition) is 0. The van der Waals surface area contributed by atoms with Crippen LogP contribution in [0.2, 0.25) is 0 Å². The Morgan fingerprint density at radius 1 is 1.19 bits per heavy atom. The Hall–Kier alpha value is -1.31. The van der Waals surface area contributed by atoms with E-state index in [1.807, 2.05) is 35.2 Å². The van der Waals surface area contributed by atoms with Crippen molar-refractivity contribution >= 4 is 11.6 Å². The van der Waals surface area contributed by atoms with Crippen LogP contribution in [0.3, 0.4) is 0 Å². The van der Waals surface area contributed by atoms with Gasteiger partial charge in [0.05, 0.1) is 0 Å². The number of benzene rings is 1. The second-order valence-corrected chi connectivity index (χ2v) is 4.32. The highest BCUT2D eigenvalue weighted by atomic mass is 16.2. The topological polar surface area (TPSA) is 20.3 Å². The van der Waals surface area contributed by atoms with Crippen molar-refractivity contribution in [3.63, 3.8) is 0 Å². The van der Waals surface area contributed by atoms with Crippen molar-refractivity contribution < 1.29 is 4.79 Å². The van der Waals surface area contributed by atoms with Crippen molar-refractivity contribution in [2.75, 3.05) is 4.90 Å². The molecular weight excluding hydrogens is 198 g/mol. The fourth-order valence-electron chi connectivity index (χ4n) is 2.41. The fraction of sp³-hybridized carbons (Fsp3) is 0.429. The molecule has 1 amide bonds. The molecule has 16 heavy (non-hydrogen) atoms. The summed E-state index contributed by atoms with van der Waals surface area (Å²) >= 11 is 0. The summed E-state index contributed by atoms with van der Waals surface area (Å²) in [6.45, 7) is 1.66. The fourth-order valence-corrected chi connectivity index (χ4v) is 2.41. The number of nitrogens with zero attached hydrogens (tertiary/aromatic N) is 1. The number of para-hydroxylation sites is 1. The highest BCUT2D eigenvalue weighted by molar-refractivity contribution is 5.92. The molecule has 1 aliphatic carbocycles. The van der Waals surface area contributed by atoms with Gasteiger partial charge in [-0.2, -0.15) is 0 Å². The van der Waals surface area contributed by atoms with Crippen molar-refractivity contribution in [2.24, 2.45) is 0 Å². The minimum absolute atomic E-state index is 0.151. The number of amides is 1. The first kappa shape index (κ1) is 11.2. The van der Waals surface area contributed by atoms with E-state index in [9.17, 15) is 4.79 Å². The molecule has 1 aromatic carbocycles. The van der Waals surface area contributed by atoms with Gasteiger partial charge in [0.15, 0.2) is 0 Å². The first-order chi connectivity index (χ1) is 7.79. The molecule has 0 aliphatic heterocycles. The lowest BCUT2D eigenvalue weighted by atomic mass is 9.93. The summed E-state index contributed by atoms with van der Waals surface area (Å²) in [6, 6.07) is 10.4. The zero-order valence-corrected chi connectivity index (χ0v) is 9.73. The van der Waals surface area contributed by atoms with Gasteiger partial charge in [0.1, 0.15) is 0 Å². The van der Waals surface area contributed by atoms with Crippen LogP contribution in [0.5, 0.6) is 0 Å². The molecule has 2 heteroatoms. The van der Waals surface area contributed by atoms with E-state index in [-0.39, 0.29) is 5.91 Å². The highest BCUT2D eigenvalue weighted by Crippen LogP contribution is 2.26. The lowest BCUT2D eigenvalue weighted by Crippen LogP contribution is -2.40. The monoisotopic (exact) mass is 216 g/mol. The van der Waals surface area contributed by atoms with Crippen LogP contribution in [0.1, 0.15) is 32.6 Å². The molecule has 2 nitrogen and oxygen atoms in total. The molecule has 0 saturated heterocycles. The van der Waals surface area contributed by atoms with Crippen LogP contribution < -0.4 is 4.90 Å². The minimum Gasteiger partial charge on any atom is -0.310 e. The molecule has 0 atom stereocenters. The number of hydrogen-bond acceptors (Lipinski definition) is 1. The average molecular weight is 216 g/mol. The molecule has 0 unspecified atom stereocenters. The predicted molar refractivity (Wildman–Crippen MR) is 66.2 cm³/mol. The Kier molecular flexibility index (Phi) is 3.60. The number of carbonyl (C=O) groups is 1. The van der Waals surface area contributed by atoms with E-state index in [1.54, 1.807) is 6.92 Å². The molecule has 2 rings (SSSR count). The molecule has 1 fully saturated rings. The van der Waals surface area contributed by atoms with Gasteiger partial charge in [-0.15, -0.1) is 0 Å². The molecular formula is C14H18NO. The smallest absolute Gasteiger partial charge is 0.224 e. The minimum atomic E-state index is 0.151. The van der Waals surface area contributed by atoms with Crippen LogP contribution in [-0.2, 0) is 4.79 Å².